The minimum Gasteiger partial charge on any atom is -0.480 e. The molecule has 1 amide bonds. The van der Waals surface area contributed by atoms with Gasteiger partial charge in [-0.05, 0) is 30.3 Å². The van der Waals surface area contributed by atoms with E-state index in [-0.39, 0.29) is 0 Å². The molecule has 1 aromatic heterocycles. The Morgan fingerprint density at radius 2 is 1.90 bits per heavy atom. The van der Waals surface area contributed by atoms with Crippen molar-refractivity contribution in [2.75, 3.05) is 11.4 Å². The maximum atomic E-state index is 12.6. The summed E-state index contributed by atoms with van der Waals surface area (Å²) in [5.74, 6) is -0.977. The van der Waals surface area contributed by atoms with Crippen LogP contribution in [0.2, 0.25) is 5.02 Å². The third-order valence-electron chi connectivity index (χ3n) is 2.97. The van der Waals surface area contributed by atoms with Crippen LogP contribution in [0.1, 0.15) is 23.0 Å². The summed E-state index contributed by atoms with van der Waals surface area (Å²) >= 11 is 5.81. The average molecular weight is 308 g/mol. The van der Waals surface area contributed by atoms with Crippen molar-refractivity contribution in [1.82, 2.24) is 0 Å². The van der Waals surface area contributed by atoms with Crippen molar-refractivity contribution in [2.24, 2.45) is 0 Å². The Labute approximate surface area is 126 Å². The number of aliphatic carboxylic acids is 1. The maximum absolute atomic E-state index is 12.6. The predicted octanol–water partition coefficient (Wildman–Crippen LogP) is 3.23. The molecule has 0 unspecified atom stereocenters. The maximum Gasteiger partial charge on any atom is 0.323 e. The molecule has 1 aromatic carbocycles. The van der Waals surface area contributed by atoms with Gasteiger partial charge in [-0.3, -0.25) is 14.5 Å². The second-order valence-corrected chi connectivity index (χ2v) is 4.81. The third kappa shape index (κ3) is 3.44. The molecular formula is C15H14ClNO4. The van der Waals surface area contributed by atoms with E-state index in [9.17, 15) is 9.59 Å². The number of anilines is 1. The van der Waals surface area contributed by atoms with E-state index in [1.54, 1.807) is 30.3 Å². The Kier molecular flexibility index (Phi) is 4.65. The van der Waals surface area contributed by atoms with Crippen LogP contribution in [-0.4, -0.2) is 23.5 Å². The van der Waals surface area contributed by atoms with Gasteiger partial charge < -0.3 is 9.52 Å². The number of carboxylic acid groups (broad SMARTS) is 1. The highest BCUT2D eigenvalue weighted by Gasteiger charge is 2.23. The second-order valence-electron chi connectivity index (χ2n) is 4.37. The largest absolute Gasteiger partial charge is 0.480 e. The summed E-state index contributed by atoms with van der Waals surface area (Å²) in [5, 5.41) is 9.54. The Morgan fingerprint density at radius 1 is 1.24 bits per heavy atom. The second kappa shape index (κ2) is 6.45. The molecule has 2 aromatic rings. The van der Waals surface area contributed by atoms with Gasteiger partial charge in [-0.2, -0.15) is 0 Å². The van der Waals surface area contributed by atoms with Gasteiger partial charge in [0.15, 0.2) is 0 Å². The van der Waals surface area contributed by atoms with Crippen LogP contribution in [0.25, 0.3) is 0 Å². The van der Waals surface area contributed by atoms with E-state index in [2.05, 4.69) is 0 Å². The lowest BCUT2D eigenvalue weighted by Gasteiger charge is -2.20. The Bertz CT molecular complexity index is 648. The number of aryl methyl sites for hydroxylation is 1. The van der Waals surface area contributed by atoms with E-state index in [1.807, 2.05) is 6.92 Å². The van der Waals surface area contributed by atoms with E-state index in [0.717, 1.165) is 0 Å². The van der Waals surface area contributed by atoms with Crippen LogP contribution in [-0.2, 0) is 11.2 Å². The van der Waals surface area contributed by atoms with Crippen LogP contribution in [0.4, 0.5) is 5.69 Å². The normalized spacial score (nSPS) is 10.4. The van der Waals surface area contributed by atoms with Crippen LogP contribution >= 0.6 is 11.6 Å². The van der Waals surface area contributed by atoms with E-state index < -0.39 is 18.4 Å². The molecule has 0 bridgehead atoms. The van der Waals surface area contributed by atoms with Gasteiger partial charge >= 0.3 is 5.97 Å². The molecule has 21 heavy (non-hydrogen) atoms. The van der Waals surface area contributed by atoms with Crippen molar-refractivity contribution in [2.45, 2.75) is 13.3 Å². The number of hydrogen-bond donors (Lipinski definition) is 1. The van der Waals surface area contributed by atoms with Gasteiger partial charge in [-0.15, -0.1) is 0 Å². The fraction of sp³-hybridized carbons (Fsp3) is 0.200. The molecule has 110 valence electrons. The van der Waals surface area contributed by atoms with Gasteiger partial charge in [0, 0.05) is 17.1 Å². The number of benzene rings is 1. The smallest absolute Gasteiger partial charge is 0.323 e. The number of furan rings is 1. The lowest BCUT2D eigenvalue weighted by molar-refractivity contribution is -0.135. The summed E-state index contributed by atoms with van der Waals surface area (Å²) in [6.45, 7) is 1.42. The lowest BCUT2D eigenvalue weighted by atomic mass is 10.1. The van der Waals surface area contributed by atoms with Crippen LogP contribution in [0.3, 0.4) is 0 Å². The first-order valence-corrected chi connectivity index (χ1v) is 6.76. The summed E-state index contributed by atoms with van der Waals surface area (Å²) < 4.78 is 5.23. The zero-order chi connectivity index (χ0) is 15.4. The monoisotopic (exact) mass is 307 g/mol. The fourth-order valence-electron chi connectivity index (χ4n) is 1.99. The van der Waals surface area contributed by atoms with Gasteiger partial charge in [-0.25, -0.2) is 0 Å². The molecule has 6 heteroatoms. The number of amides is 1. The van der Waals surface area contributed by atoms with E-state index in [0.29, 0.717) is 28.5 Å². The number of carbonyl (C=O) groups excluding carboxylic acids is 1. The fourth-order valence-corrected chi connectivity index (χ4v) is 2.11. The molecule has 0 atom stereocenters. The number of halogens is 1. The molecule has 0 aliphatic rings. The standard InChI is InChI=1S/C15H14ClNO4/c1-2-13-12(7-8-21-13)15(20)17(9-14(18)19)11-5-3-10(16)4-6-11/h3-8H,2,9H2,1H3,(H,18,19). The van der Waals surface area contributed by atoms with E-state index in [1.165, 1.54) is 11.2 Å². The third-order valence-corrected chi connectivity index (χ3v) is 3.23. The molecule has 0 aliphatic carbocycles. The van der Waals surface area contributed by atoms with Crippen molar-refractivity contribution in [3.8, 4) is 0 Å². The Morgan fingerprint density at radius 3 is 2.48 bits per heavy atom. The molecule has 0 radical (unpaired) electrons. The number of hydrogen-bond acceptors (Lipinski definition) is 3. The van der Waals surface area contributed by atoms with Gasteiger partial charge in [0.25, 0.3) is 5.91 Å². The number of carbonyl (C=O) groups is 2. The zero-order valence-electron chi connectivity index (χ0n) is 11.4. The Hall–Kier alpha value is -2.27. The Balaban J connectivity index is 2.38. The minimum atomic E-state index is -1.10. The first-order chi connectivity index (χ1) is 10.0. The summed E-state index contributed by atoms with van der Waals surface area (Å²) in [4.78, 5) is 24.8. The lowest BCUT2D eigenvalue weighted by Crippen LogP contribution is -2.36. The number of rotatable bonds is 5. The highest BCUT2D eigenvalue weighted by Crippen LogP contribution is 2.22. The summed E-state index contributed by atoms with van der Waals surface area (Å²) in [6, 6.07) is 7.97. The molecule has 0 saturated heterocycles. The SMILES string of the molecule is CCc1occc1C(=O)N(CC(=O)O)c1ccc(Cl)cc1. The predicted molar refractivity (Wildman–Crippen MR) is 78.9 cm³/mol. The van der Waals surface area contributed by atoms with Crippen molar-refractivity contribution >= 4 is 29.2 Å². The van der Waals surface area contributed by atoms with Crippen LogP contribution in [0.5, 0.6) is 0 Å². The zero-order valence-corrected chi connectivity index (χ0v) is 12.1. The topological polar surface area (TPSA) is 70.8 Å². The van der Waals surface area contributed by atoms with E-state index >= 15 is 0 Å². The highest BCUT2D eigenvalue weighted by molar-refractivity contribution is 6.30. The van der Waals surface area contributed by atoms with Crippen LogP contribution in [0, 0.1) is 0 Å². The number of nitrogens with zero attached hydrogens (tertiary/aromatic N) is 1. The minimum absolute atomic E-state index is 0.369. The molecule has 0 saturated carbocycles. The average Bonchev–Trinajstić information content (AvgIpc) is 2.93. The quantitative estimate of drug-likeness (QED) is 0.920. The summed E-state index contributed by atoms with van der Waals surface area (Å²) in [5.41, 5.74) is 0.837. The molecule has 2 rings (SSSR count). The summed E-state index contributed by atoms with van der Waals surface area (Å²) in [7, 11) is 0. The van der Waals surface area contributed by atoms with Crippen LogP contribution < -0.4 is 4.90 Å². The molecule has 0 aliphatic heterocycles. The molecule has 0 fully saturated rings. The van der Waals surface area contributed by atoms with Gasteiger partial charge in [0.05, 0.1) is 11.8 Å². The van der Waals surface area contributed by atoms with E-state index in [4.69, 9.17) is 21.1 Å². The highest BCUT2D eigenvalue weighted by atomic mass is 35.5. The van der Waals surface area contributed by atoms with Crippen molar-refractivity contribution in [1.29, 1.82) is 0 Å². The summed E-state index contributed by atoms with van der Waals surface area (Å²) in [6.07, 6.45) is 1.97. The first kappa shape index (κ1) is 15.1. The molecule has 1 N–H and O–H groups in total. The van der Waals surface area contributed by atoms with Crippen molar-refractivity contribution in [3.05, 3.63) is 52.9 Å². The van der Waals surface area contributed by atoms with Gasteiger partial charge in [0.2, 0.25) is 0 Å². The molecule has 1 heterocycles. The molecule has 0 spiro atoms. The molecule has 5 nitrogen and oxygen atoms in total. The van der Waals surface area contributed by atoms with Crippen LogP contribution in [0.15, 0.2) is 41.0 Å². The first-order valence-electron chi connectivity index (χ1n) is 6.38. The van der Waals surface area contributed by atoms with Gasteiger partial charge in [0.1, 0.15) is 12.3 Å². The van der Waals surface area contributed by atoms with Gasteiger partial charge in [-0.1, -0.05) is 18.5 Å². The van der Waals surface area contributed by atoms with Crippen molar-refractivity contribution in [3.63, 3.8) is 0 Å². The number of carboxylic acids is 1. The van der Waals surface area contributed by atoms with Crippen molar-refractivity contribution < 1.29 is 19.1 Å². The molecular weight excluding hydrogens is 294 g/mol.